The molecule has 1 aromatic heterocycles. The van der Waals surface area contributed by atoms with Crippen molar-refractivity contribution in [1.29, 1.82) is 0 Å². The highest BCUT2D eigenvalue weighted by molar-refractivity contribution is 7.85. The summed E-state index contributed by atoms with van der Waals surface area (Å²) in [4.78, 5) is 0.891. The Bertz CT molecular complexity index is 582. The maximum atomic E-state index is 12.1. The molecule has 2 rings (SSSR count). The van der Waals surface area contributed by atoms with Gasteiger partial charge in [-0.3, -0.25) is 8.89 Å². The number of rotatable bonds is 7. The van der Waals surface area contributed by atoms with E-state index in [9.17, 15) is 4.21 Å². The van der Waals surface area contributed by atoms with Crippen LogP contribution in [0.5, 0.6) is 0 Å². The molecule has 0 saturated heterocycles. The normalized spacial score (nSPS) is 15.6. The van der Waals surface area contributed by atoms with Crippen LogP contribution in [0.15, 0.2) is 47.6 Å². The SMILES string of the molecule is Cc1cnn(C(C)C(C)NCCS(=O)c2ccccc2)c1. The van der Waals surface area contributed by atoms with E-state index in [2.05, 4.69) is 24.3 Å². The van der Waals surface area contributed by atoms with E-state index in [0.717, 1.165) is 11.4 Å². The van der Waals surface area contributed by atoms with E-state index >= 15 is 0 Å². The van der Waals surface area contributed by atoms with Crippen LogP contribution in [0.1, 0.15) is 25.5 Å². The summed E-state index contributed by atoms with van der Waals surface area (Å²) in [5.41, 5.74) is 1.17. The van der Waals surface area contributed by atoms with Gasteiger partial charge in [0, 0.05) is 29.4 Å². The second-order valence-corrected chi connectivity index (χ2v) is 6.91. The molecular formula is C16H23N3OS. The lowest BCUT2D eigenvalue weighted by molar-refractivity contribution is 0.372. The maximum Gasteiger partial charge on any atom is 0.0641 e. The Morgan fingerprint density at radius 2 is 2.00 bits per heavy atom. The molecule has 0 bridgehead atoms. The second kappa shape index (κ2) is 7.52. The van der Waals surface area contributed by atoms with Crippen molar-refractivity contribution in [2.24, 2.45) is 0 Å². The Kier molecular flexibility index (Phi) is 5.70. The van der Waals surface area contributed by atoms with Gasteiger partial charge < -0.3 is 5.32 Å². The Balaban J connectivity index is 1.79. The third kappa shape index (κ3) is 4.51. The monoisotopic (exact) mass is 305 g/mol. The quantitative estimate of drug-likeness (QED) is 0.855. The molecule has 0 fully saturated rings. The predicted octanol–water partition coefficient (Wildman–Crippen LogP) is 2.54. The van der Waals surface area contributed by atoms with Crippen molar-refractivity contribution in [3.8, 4) is 0 Å². The molecular weight excluding hydrogens is 282 g/mol. The summed E-state index contributed by atoms with van der Waals surface area (Å²) >= 11 is 0. The largest absolute Gasteiger partial charge is 0.311 e. The Morgan fingerprint density at radius 3 is 2.62 bits per heavy atom. The van der Waals surface area contributed by atoms with Crippen molar-refractivity contribution >= 4 is 10.8 Å². The second-order valence-electron chi connectivity index (χ2n) is 5.34. The number of aromatic nitrogens is 2. The van der Waals surface area contributed by atoms with Crippen LogP contribution in [0.4, 0.5) is 0 Å². The Morgan fingerprint density at radius 1 is 1.29 bits per heavy atom. The molecule has 21 heavy (non-hydrogen) atoms. The van der Waals surface area contributed by atoms with Gasteiger partial charge in [0.05, 0.1) is 23.0 Å². The first kappa shape index (κ1) is 15.9. The molecule has 0 aliphatic rings. The van der Waals surface area contributed by atoms with Crippen LogP contribution >= 0.6 is 0 Å². The zero-order chi connectivity index (χ0) is 15.2. The molecule has 1 aromatic carbocycles. The van der Waals surface area contributed by atoms with Crippen LogP contribution in [0.3, 0.4) is 0 Å². The fourth-order valence-electron chi connectivity index (χ4n) is 2.12. The molecule has 114 valence electrons. The first-order chi connectivity index (χ1) is 10.1. The van der Waals surface area contributed by atoms with E-state index in [0.29, 0.717) is 5.75 Å². The zero-order valence-corrected chi connectivity index (χ0v) is 13.6. The van der Waals surface area contributed by atoms with E-state index in [1.165, 1.54) is 5.56 Å². The van der Waals surface area contributed by atoms with Gasteiger partial charge in [-0.1, -0.05) is 18.2 Å². The van der Waals surface area contributed by atoms with E-state index in [1.807, 2.05) is 54.3 Å². The molecule has 4 nitrogen and oxygen atoms in total. The number of hydrogen-bond acceptors (Lipinski definition) is 3. The topological polar surface area (TPSA) is 46.9 Å². The van der Waals surface area contributed by atoms with Crippen molar-refractivity contribution in [1.82, 2.24) is 15.1 Å². The minimum absolute atomic E-state index is 0.267. The Labute approximate surface area is 129 Å². The van der Waals surface area contributed by atoms with E-state index < -0.39 is 10.8 Å². The highest BCUT2D eigenvalue weighted by Crippen LogP contribution is 2.11. The minimum atomic E-state index is -0.938. The van der Waals surface area contributed by atoms with Crippen LogP contribution in [0, 0.1) is 6.92 Å². The van der Waals surface area contributed by atoms with E-state index in [4.69, 9.17) is 0 Å². The highest BCUT2D eigenvalue weighted by Gasteiger charge is 2.14. The van der Waals surface area contributed by atoms with Crippen LogP contribution < -0.4 is 5.32 Å². The zero-order valence-electron chi connectivity index (χ0n) is 12.8. The third-order valence-electron chi connectivity index (χ3n) is 3.63. The van der Waals surface area contributed by atoms with Gasteiger partial charge in [0.2, 0.25) is 0 Å². The van der Waals surface area contributed by atoms with Gasteiger partial charge in [-0.15, -0.1) is 0 Å². The summed E-state index contributed by atoms with van der Waals surface area (Å²) in [6, 6.07) is 10.1. The first-order valence-electron chi connectivity index (χ1n) is 7.25. The molecule has 1 heterocycles. The molecule has 0 saturated carbocycles. The van der Waals surface area contributed by atoms with Gasteiger partial charge in [-0.2, -0.15) is 5.10 Å². The van der Waals surface area contributed by atoms with Gasteiger partial charge in [-0.25, -0.2) is 0 Å². The standard InChI is InChI=1S/C16H23N3OS/c1-13-11-18-19(12-13)15(3)14(2)17-9-10-21(20)16-7-5-4-6-8-16/h4-8,11-12,14-15,17H,9-10H2,1-3H3. The molecule has 3 atom stereocenters. The lowest BCUT2D eigenvalue weighted by atomic mass is 10.2. The molecule has 1 N–H and O–H groups in total. The smallest absolute Gasteiger partial charge is 0.0641 e. The lowest BCUT2D eigenvalue weighted by Gasteiger charge is -2.21. The van der Waals surface area contributed by atoms with Crippen molar-refractivity contribution < 1.29 is 4.21 Å². The molecule has 5 heteroatoms. The summed E-state index contributed by atoms with van der Waals surface area (Å²) < 4.78 is 14.1. The van der Waals surface area contributed by atoms with Crippen LogP contribution in [-0.4, -0.2) is 32.3 Å². The first-order valence-corrected chi connectivity index (χ1v) is 8.57. The average molecular weight is 305 g/mol. The van der Waals surface area contributed by atoms with Gasteiger partial charge >= 0.3 is 0 Å². The molecule has 2 aromatic rings. The molecule has 0 aliphatic carbocycles. The lowest BCUT2D eigenvalue weighted by Crippen LogP contribution is -2.36. The summed E-state index contributed by atoms with van der Waals surface area (Å²) in [5, 5.41) is 7.78. The number of hydrogen-bond donors (Lipinski definition) is 1. The summed E-state index contributed by atoms with van der Waals surface area (Å²) in [5.74, 6) is 0.624. The van der Waals surface area contributed by atoms with Gasteiger partial charge in [-0.05, 0) is 38.5 Å². The molecule has 0 amide bonds. The number of benzene rings is 1. The van der Waals surface area contributed by atoms with Crippen LogP contribution in [0.25, 0.3) is 0 Å². The summed E-state index contributed by atoms with van der Waals surface area (Å²) in [6.45, 7) is 7.04. The summed E-state index contributed by atoms with van der Waals surface area (Å²) in [7, 11) is -0.938. The van der Waals surface area contributed by atoms with Gasteiger partial charge in [0.1, 0.15) is 0 Å². The minimum Gasteiger partial charge on any atom is -0.311 e. The Hall–Kier alpha value is -1.46. The molecule has 3 unspecified atom stereocenters. The molecule has 0 radical (unpaired) electrons. The van der Waals surface area contributed by atoms with Gasteiger partial charge in [0.25, 0.3) is 0 Å². The van der Waals surface area contributed by atoms with E-state index in [1.54, 1.807) is 0 Å². The third-order valence-corrected chi connectivity index (χ3v) is 5.00. The van der Waals surface area contributed by atoms with Crippen molar-refractivity contribution in [3.05, 3.63) is 48.3 Å². The summed E-state index contributed by atoms with van der Waals surface area (Å²) in [6.07, 6.45) is 3.92. The van der Waals surface area contributed by atoms with E-state index in [-0.39, 0.29) is 12.1 Å². The number of nitrogens with one attached hydrogen (secondary N) is 1. The van der Waals surface area contributed by atoms with Gasteiger partial charge in [0.15, 0.2) is 0 Å². The van der Waals surface area contributed by atoms with Crippen LogP contribution in [0.2, 0.25) is 0 Å². The highest BCUT2D eigenvalue weighted by atomic mass is 32.2. The number of aryl methyl sites for hydroxylation is 1. The predicted molar refractivity (Wildman–Crippen MR) is 86.9 cm³/mol. The van der Waals surface area contributed by atoms with Crippen LogP contribution in [-0.2, 0) is 10.8 Å². The fourth-order valence-corrected chi connectivity index (χ4v) is 3.12. The molecule has 0 aliphatic heterocycles. The van der Waals surface area contributed by atoms with Crippen molar-refractivity contribution in [3.63, 3.8) is 0 Å². The number of nitrogens with zero attached hydrogens (tertiary/aromatic N) is 2. The fraction of sp³-hybridized carbons (Fsp3) is 0.438. The maximum absolute atomic E-state index is 12.1. The molecule has 0 spiro atoms. The average Bonchev–Trinajstić information content (AvgIpc) is 2.93. The van der Waals surface area contributed by atoms with Crippen molar-refractivity contribution in [2.75, 3.05) is 12.3 Å². The van der Waals surface area contributed by atoms with Crippen molar-refractivity contribution in [2.45, 2.75) is 37.8 Å².